The van der Waals surface area contributed by atoms with Gasteiger partial charge in [0.25, 0.3) is 0 Å². The molecule has 0 radical (unpaired) electrons. The Bertz CT molecular complexity index is 390. The fraction of sp³-hybridized carbons (Fsp3) is 0.769. The molecule has 19 heavy (non-hydrogen) atoms. The van der Waals surface area contributed by atoms with E-state index in [1.54, 1.807) is 0 Å². The molecule has 1 aliphatic heterocycles. The van der Waals surface area contributed by atoms with Crippen molar-refractivity contribution < 1.29 is 24.6 Å². The van der Waals surface area contributed by atoms with Crippen molar-refractivity contribution >= 4 is 17.8 Å². The number of carbonyl (C=O) groups excluding carboxylic acids is 1. The molecule has 1 rings (SSSR count). The van der Waals surface area contributed by atoms with E-state index < -0.39 is 29.2 Å². The van der Waals surface area contributed by atoms with Gasteiger partial charge in [-0.3, -0.25) is 14.4 Å². The zero-order valence-corrected chi connectivity index (χ0v) is 11.5. The third-order valence-electron chi connectivity index (χ3n) is 4.00. The van der Waals surface area contributed by atoms with E-state index in [0.29, 0.717) is 13.0 Å². The number of carboxylic acids is 2. The van der Waals surface area contributed by atoms with Crippen LogP contribution in [0.3, 0.4) is 0 Å². The number of hydrogen-bond acceptors (Lipinski definition) is 3. The Morgan fingerprint density at radius 3 is 2.11 bits per heavy atom. The number of rotatable bonds is 4. The van der Waals surface area contributed by atoms with Crippen LogP contribution in [0, 0.1) is 17.3 Å². The summed E-state index contributed by atoms with van der Waals surface area (Å²) in [6.45, 7) is 5.82. The zero-order chi connectivity index (χ0) is 14.8. The number of carboxylic acid groups (broad SMARTS) is 2. The lowest BCUT2D eigenvalue weighted by Gasteiger charge is -2.38. The van der Waals surface area contributed by atoms with Gasteiger partial charge >= 0.3 is 11.9 Å². The third kappa shape index (κ3) is 3.24. The van der Waals surface area contributed by atoms with E-state index in [1.807, 2.05) is 20.8 Å². The van der Waals surface area contributed by atoms with Crippen molar-refractivity contribution in [1.82, 2.24) is 4.90 Å². The first-order valence-electron chi connectivity index (χ1n) is 6.45. The van der Waals surface area contributed by atoms with Crippen LogP contribution in [0.4, 0.5) is 0 Å². The summed E-state index contributed by atoms with van der Waals surface area (Å²) in [6.07, 6.45) is 0.847. The lowest BCUT2D eigenvalue weighted by atomic mass is 9.82. The molecular formula is C13H21NO5. The second-order valence-corrected chi connectivity index (χ2v) is 5.67. The number of amides is 1. The highest BCUT2D eigenvalue weighted by atomic mass is 16.4. The largest absolute Gasteiger partial charge is 0.481 e. The Balaban J connectivity index is 2.86. The molecule has 6 nitrogen and oxygen atoms in total. The standard InChI is InChI=1S/C13H21NO5/c1-4-13(2,3)12(19)14-6-5-8(10(15)16)9(7-14)11(17)18/h8-9H,4-7H2,1-3H3,(H,15,16)(H,17,18). The van der Waals surface area contributed by atoms with Crippen molar-refractivity contribution in [3.63, 3.8) is 0 Å². The van der Waals surface area contributed by atoms with Crippen molar-refractivity contribution in [2.45, 2.75) is 33.6 Å². The minimum atomic E-state index is -1.15. The molecule has 1 saturated heterocycles. The summed E-state index contributed by atoms with van der Waals surface area (Å²) in [5.41, 5.74) is -0.543. The van der Waals surface area contributed by atoms with Crippen molar-refractivity contribution in [3.05, 3.63) is 0 Å². The summed E-state index contributed by atoms with van der Waals surface area (Å²) < 4.78 is 0. The molecule has 0 aliphatic carbocycles. The summed E-state index contributed by atoms with van der Waals surface area (Å²) >= 11 is 0. The molecule has 0 spiro atoms. The maximum atomic E-state index is 12.3. The lowest BCUT2D eigenvalue weighted by Crippen LogP contribution is -2.51. The van der Waals surface area contributed by atoms with Crippen LogP contribution in [0.5, 0.6) is 0 Å². The van der Waals surface area contributed by atoms with E-state index >= 15 is 0 Å². The Labute approximate surface area is 112 Å². The van der Waals surface area contributed by atoms with Crippen LogP contribution in [-0.2, 0) is 14.4 Å². The van der Waals surface area contributed by atoms with Gasteiger partial charge in [0.1, 0.15) is 0 Å². The van der Waals surface area contributed by atoms with Crippen LogP contribution in [0.1, 0.15) is 33.6 Å². The number of likely N-dealkylation sites (tertiary alicyclic amines) is 1. The summed E-state index contributed by atoms with van der Waals surface area (Å²) in [5.74, 6) is -4.30. The molecule has 0 aromatic heterocycles. The van der Waals surface area contributed by atoms with E-state index in [1.165, 1.54) is 4.90 Å². The quantitative estimate of drug-likeness (QED) is 0.797. The molecule has 0 aromatic rings. The van der Waals surface area contributed by atoms with Crippen LogP contribution < -0.4 is 0 Å². The minimum absolute atomic E-state index is 0.0193. The lowest BCUT2D eigenvalue weighted by molar-refractivity contribution is -0.160. The molecule has 1 heterocycles. The fourth-order valence-corrected chi connectivity index (χ4v) is 2.26. The molecule has 2 N–H and O–H groups in total. The second kappa shape index (κ2) is 5.59. The smallest absolute Gasteiger partial charge is 0.309 e. The van der Waals surface area contributed by atoms with Gasteiger partial charge in [-0.1, -0.05) is 20.8 Å². The predicted octanol–water partition coefficient (Wildman–Crippen LogP) is 1.06. The van der Waals surface area contributed by atoms with Crippen LogP contribution in [0.2, 0.25) is 0 Å². The van der Waals surface area contributed by atoms with Gasteiger partial charge in [-0.05, 0) is 12.8 Å². The van der Waals surface area contributed by atoms with Gasteiger partial charge in [0.2, 0.25) is 5.91 Å². The first-order chi connectivity index (χ1) is 8.70. The second-order valence-electron chi connectivity index (χ2n) is 5.67. The van der Waals surface area contributed by atoms with E-state index in [4.69, 9.17) is 10.2 Å². The number of aliphatic carboxylic acids is 2. The SMILES string of the molecule is CCC(C)(C)C(=O)N1CCC(C(=O)O)C(C(=O)O)C1. The summed E-state index contributed by atoms with van der Waals surface area (Å²) in [7, 11) is 0. The van der Waals surface area contributed by atoms with Gasteiger partial charge in [0.15, 0.2) is 0 Å². The Morgan fingerprint density at radius 2 is 1.68 bits per heavy atom. The van der Waals surface area contributed by atoms with E-state index in [9.17, 15) is 14.4 Å². The predicted molar refractivity (Wildman–Crippen MR) is 67.5 cm³/mol. The van der Waals surface area contributed by atoms with Gasteiger partial charge in [-0.15, -0.1) is 0 Å². The van der Waals surface area contributed by atoms with E-state index in [-0.39, 0.29) is 18.9 Å². The van der Waals surface area contributed by atoms with Crippen molar-refractivity contribution in [3.8, 4) is 0 Å². The van der Waals surface area contributed by atoms with Gasteiger partial charge < -0.3 is 15.1 Å². The molecule has 1 aliphatic rings. The Hall–Kier alpha value is -1.59. The number of hydrogen-bond donors (Lipinski definition) is 2. The monoisotopic (exact) mass is 271 g/mol. The molecule has 2 unspecified atom stereocenters. The van der Waals surface area contributed by atoms with Crippen LogP contribution in [0.25, 0.3) is 0 Å². The average Bonchev–Trinajstić information content (AvgIpc) is 2.36. The van der Waals surface area contributed by atoms with Crippen molar-refractivity contribution in [2.24, 2.45) is 17.3 Å². The van der Waals surface area contributed by atoms with E-state index in [2.05, 4.69) is 0 Å². The molecule has 108 valence electrons. The normalized spacial score (nSPS) is 24.1. The van der Waals surface area contributed by atoms with Gasteiger partial charge in [-0.2, -0.15) is 0 Å². The molecule has 2 atom stereocenters. The first kappa shape index (κ1) is 15.5. The Kier molecular flexibility index (Phi) is 4.55. The number of piperidine rings is 1. The van der Waals surface area contributed by atoms with E-state index in [0.717, 1.165) is 0 Å². The average molecular weight is 271 g/mol. The summed E-state index contributed by atoms with van der Waals surface area (Å²) in [6, 6.07) is 0. The molecular weight excluding hydrogens is 250 g/mol. The highest BCUT2D eigenvalue weighted by molar-refractivity contribution is 5.85. The first-order valence-corrected chi connectivity index (χ1v) is 6.45. The highest BCUT2D eigenvalue weighted by Crippen LogP contribution is 2.29. The Morgan fingerprint density at radius 1 is 1.16 bits per heavy atom. The van der Waals surface area contributed by atoms with Crippen molar-refractivity contribution in [1.29, 1.82) is 0 Å². The zero-order valence-electron chi connectivity index (χ0n) is 11.5. The van der Waals surface area contributed by atoms with Gasteiger partial charge in [0.05, 0.1) is 11.8 Å². The van der Waals surface area contributed by atoms with Gasteiger partial charge in [0, 0.05) is 18.5 Å². The van der Waals surface area contributed by atoms with Crippen LogP contribution in [0.15, 0.2) is 0 Å². The molecule has 1 amide bonds. The number of carbonyl (C=O) groups is 3. The molecule has 6 heteroatoms. The van der Waals surface area contributed by atoms with Crippen LogP contribution >= 0.6 is 0 Å². The van der Waals surface area contributed by atoms with Crippen LogP contribution in [-0.4, -0.2) is 46.0 Å². The summed E-state index contributed by atoms with van der Waals surface area (Å²) in [4.78, 5) is 36.0. The third-order valence-corrected chi connectivity index (χ3v) is 4.00. The van der Waals surface area contributed by atoms with Crippen molar-refractivity contribution in [2.75, 3.05) is 13.1 Å². The topological polar surface area (TPSA) is 94.9 Å². The molecule has 0 saturated carbocycles. The molecule has 1 fully saturated rings. The van der Waals surface area contributed by atoms with Gasteiger partial charge in [-0.25, -0.2) is 0 Å². The maximum Gasteiger partial charge on any atom is 0.309 e. The molecule has 0 bridgehead atoms. The fourth-order valence-electron chi connectivity index (χ4n) is 2.26. The molecule has 0 aromatic carbocycles. The minimum Gasteiger partial charge on any atom is -0.481 e. The maximum absolute atomic E-state index is 12.3. The summed E-state index contributed by atoms with van der Waals surface area (Å²) in [5, 5.41) is 18.1. The highest BCUT2D eigenvalue weighted by Gasteiger charge is 2.42. The number of nitrogens with zero attached hydrogens (tertiary/aromatic N) is 1.